The minimum Gasteiger partial charge on any atom is -0.237 e. The fraction of sp³-hybridized carbons (Fsp3) is 0.0769. The van der Waals surface area contributed by atoms with Gasteiger partial charge in [0.05, 0.1) is 5.69 Å². The van der Waals surface area contributed by atoms with E-state index >= 15 is 0 Å². The largest absolute Gasteiger partial charge is 0.237 e. The highest BCUT2D eigenvalue weighted by molar-refractivity contribution is 5.63. The van der Waals surface area contributed by atoms with Crippen LogP contribution in [0.1, 0.15) is 15.4 Å². The first kappa shape index (κ1) is 7.13. The van der Waals surface area contributed by atoms with E-state index < -0.39 is 12.7 Å². The standard InChI is InChI=1S/C13H9FN2/c1-9-2-7-12(8-15)16-13(9)10-3-5-11(14)6-4-10/h2-7H,1H3/i1D3. The predicted molar refractivity (Wildman–Crippen MR) is 59.1 cm³/mol. The zero-order chi connectivity index (χ0) is 14.0. The molecule has 0 amide bonds. The Labute approximate surface area is 97.2 Å². The van der Waals surface area contributed by atoms with Crippen LogP contribution in [0, 0.1) is 24.0 Å². The molecule has 2 rings (SSSR count). The van der Waals surface area contributed by atoms with Crippen LogP contribution in [-0.2, 0) is 0 Å². The molecule has 0 aliphatic carbocycles. The summed E-state index contributed by atoms with van der Waals surface area (Å²) in [6.07, 6.45) is 0. The number of aryl methyl sites for hydroxylation is 1. The highest BCUT2D eigenvalue weighted by Gasteiger charge is 2.05. The van der Waals surface area contributed by atoms with Crippen molar-refractivity contribution in [2.24, 2.45) is 0 Å². The Bertz CT molecular complexity index is 642. The number of pyridine rings is 1. The summed E-state index contributed by atoms with van der Waals surface area (Å²) in [5.74, 6) is -0.421. The second kappa shape index (κ2) is 4.11. The van der Waals surface area contributed by atoms with Gasteiger partial charge in [0.15, 0.2) is 0 Å². The molecule has 1 heterocycles. The van der Waals surface area contributed by atoms with Crippen LogP contribution < -0.4 is 0 Å². The van der Waals surface area contributed by atoms with Crippen LogP contribution in [0.2, 0.25) is 0 Å². The smallest absolute Gasteiger partial charge is 0.141 e. The number of nitrogens with zero attached hydrogens (tertiary/aromatic N) is 2. The number of hydrogen-bond donors (Lipinski definition) is 0. The lowest BCUT2D eigenvalue weighted by atomic mass is 10.1. The number of aromatic nitrogens is 1. The Balaban J connectivity index is 2.66. The second-order valence-electron chi connectivity index (χ2n) is 3.21. The maximum atomic E-state index is 12.9. The highest BCUT2D eigenvalue weighted by Crippen LogP contribution is 2.21. The van der Waals surface area contributed by atoms with Gasteiger partial charge in [-0.3, -0.25) is 0 Å². The molecule has 0 aliphatic heterocycles. The van der Waals surface area contributed by atoms with Crippen molar-refractivity contribution in [1.82, 2.24) is 4.98 Å². The van der Waals surface area contributed by atoms with Crippen LogP contribution in [0.3, 0.4) is 0 Å². The fourth-order valence-corrected chi connectivity index (χ4v) is 1.35. The molecule has 0 aliphatic rings. The van der Waals surface area contributed by atoms with Crippen molar-refractivity contribution in [2.75, 3.05) is 0 Å². The number of nitriles is 1. The predicted octanol–water partition coefficient (Wildman–Crippen LogP) is 3.07. The quantitative estimate of drug-likeness (QED) is 0.733. The molecule has 0 saturated heterocycles. The van der Waals surface area contributed by atoms with Crippen molar-refractivity contribution >= 4 is 0 Å². The molecule has 2 nitrogen and oxygen atoms in total. The molecule has 78 valence electrons. The maximum absolute atomic E-state index is 12.9. The van der Waals surface area contributed by atoms with Gasteiger partial charge in [-0.05, 0) is 42.7 Å². The van der Waals surface area contributed by atoms with Gasteiger partial charge >= 0.3 is 0 Å². The summed E-state index contributed by atoms with van der Waals surface area (Å²) in [7, 11) is 0. The van der Waals surface area contributed by atoms with Crippen LogP contribution >= 0.6 is 0 Å². The molecule has 1 aromatic carbocycles. The van der Waals surface area contributed by atoms with Gasteiger partial charge in [-0.1, -0.05) is 6.07 Å². The van der Waals surface area contributed by atoms with E-state index in [9.17, 15) is 4.39 Å². The van der Waals surface area contributed by atoms with Gasteiger partial charge in [-0.2, -0.15) is 5.26 Å². The second-order valence-corrected chi connectivity index (χ2v) is 3.21. The molecule has 0 atom stereocenters. The molecule has 16 heavy (non-hydrogen) atoms. The Morgan fingerprint density at radius 1 is 1.25 bits per heavy atom. The first-order chi connectivity index (χ1) is 8.91. The van der Waals surface area contributed by atoms with Crippen molar-refractivity contribution in [1.29, 1.82) is 5.26 Å². The van der Waals surface area contributed by atoms with Crippen molar-refractivity contribution in [3.63, 3.8) is 0 Å². The molecule has 1 aromatic heterocycles. The number of rotatable bonds is 1. The summed E-state index contributed by atoms with van der Waals surface area (Å²) in [4.78, 5) is 4.01. The van der Waals surface area contributed by atoms with E-state index in [1.807, 2.05) is 6.07 Å². The number of hydrogen-bond acceptors (Lipinski definition) is 2. The van der Waals surface area contributed by atoms with Crippen molar-refractivity contribution < 1.29 is 8.50 Å². The zero-order valence-electron chi connectivity index (χ0n) is 11.2. The average Bonchev–Trinajstić information content (AvgIpc) is 2.38. The molecule has 0 unspecified atom stereocenters. The maximum Gasteiger partial charge on any atom is 0.141 e. The van der Waals surface area contributed by atoms with Gasteiger partial charge < -0.3 is 0 Å². The van der Waals surface area contributed by atoms with Crippen LogP contribution in [0.5, 0.6) is 0 Å². The van der Waals surface area contributed by atoms with E-state index in [1.54, 1.807) is 0 Å². The van der Waals surface area contributed by atoms with Crippen LogP contribution in [-0.4, -0.2) is 4.98 Å². The van der Waals surface area contributed by atoms with E-state index in [-0.39, 0.29) is 17.0 Å². The van der Waals surface area contributed by atoms with E-state index in [4.69, 9.17) is 9.37 Å². The van der Waals surface area contributed by atoms with Crippen LogP contribution in [0.15, 0.2) is 36.4 Å². The summed E-state index contributed by atoms with van der Waals surface area (Å²) in [6, 6.07) is 9.89. The lowest BCUT2D eigenvalue weighted by Crippen LogP contribution is -1.91. The first-order valence-electron chi connectivity index (χ1n) is 6.09. The number of benzene rings is 1. The Morgan fingerprint density at radius 3 is 2.62 bits per heavy atom. The summed E-state index contributed by atoms with van der Waals surface area (Å²) in [6.45, 7) is -2.34. The summed E-state index contributed by atoms with van der Waals surface area (Å²) in [5.41, 5.74) is 0.800. The summed E-state index contributed by atoms with van der Waals surface area (Å²) < 4.78 is 35.3. The number of halogens is 1. The molecule has 0 radical (unpaired) electrons. The molecule has 0 saturated carbocycles. The van der Waals surface area contributed by atoms with Gasteiger partial charge in [0.25, 0.3) is 0 Å². The Kier molecular flexibility index (Phi) is 1.83. The van der Waals surface area contributed by atoms with Gasteiger partial charge in [0.2, 0.25) is 0 Å². The lowest BCUT2D eigenvalue weighted by molar-refractivity contribution is 0.628. The average molecular weight is 215 g/mol. The Morgan fingerprint density at radius 2 is 2.00 bits per heavy atom. The summed E-state index contributed by atoms with van der Waals surface area (Å²) in [5, 5.41) is 8.83. The first-order valence-corrected chi connectivity index (χ1v) is 4.59. The van der Waals surface area contributed by atoms with Crippen molar-refractivity contribution in [3.05, 3.63) is 53.5 Å². The van der Waals surface area contributed by atoms with Gasteiger partial charge in [0, 0.05) is 9.68 Å². The normalized spacial score (nSPS) is 13.4. The third kappa shape index (κ3) is 1.91. The highest BCUT2D eigenvalue weighted by atomic mass is 19.1. The minimum atomic E-state index is -2.34. The van der Waals surface area contributed by atoms with Crippen LogP contribution in [0.25, 0.3) is 11.3 Å². The van der Waals surface area contributed by atoms with Gasteiger partial charge in [-0.25, -0.2) is 9.37 Å². The van der Waals surface area contributed by atoms with Crippen LogP contribution in [0.4, 0.5) is 4.39 Å². The topological polar surface area (TPSA) is 36.7 Å². The minimum absolute atomic E-state index is 0.0399. The third-order valence-corrected chi connectivity index (χ3v) is 2.13. The van der Waals surface area contributed by atoms with E-state index in [1.165, 1.54) is 36.4 Å². The zero-order valence-corrected chi connectivity index (χ0v) is 8.24. The molecule has 0 spiro atoms. The molecular formula is C13H9FN2. The third-order valence-electron chi connectivity index (χ3n) is 2.13. The molecule has 3 heteroatoms. The van der Waals surface area contributed by atoms with E-state index in [2.05, 4.69) is 4.98 Å². The Hall–Kier alpha value is -2.21. The molecule has 0 N–H and O–H groups in total. The monoisotopic (exact) mass is 215 g/mol. The fourth-order valence-electron chi connectivity index (χ4n) is 1.35. The van der Waals surface area contributed by atoms with E-state index in [0.717, 1.165) is 0 Å². The molecular weight excluding hydrogens is 203 g/mol. The molecule has 2 aromatic rings. The summed E-state index contributed by atoms with van der Waals surface area (Å²) >= 11 is 0. The van der Waals surface area contributed by atoms with Gasteiger partial charge in [-0.15, -0.1) is 0 Å². The SMILES string of the molecule is [2H]C([2H])([2H])c1ccc(C#N)nc1-c1ccc(F)cc1. The lowest BCUT2D eigenvalue weighted by Gasteiger charge is -2.04. The molecule has 0 bridgehead atoms. The van der Waals surface area contributed by atoms with E-state index in [0.29, 0.717) is 5.56 Å². The molecule has 0 fully saturated rings. The van der Waals surface area contributed by atoms with Crippen molar-refractivity contribution in [2.45, 2.75) is 6.85 Å². The van der Waals surface area contributed by atoms with Gasteiger partial charge in [0.1, 0.15) is 17.6 Å². The van der Waals surface area contributed by atoms with Crippen molar-refractivity contribution in [3.8, 4) is 17.3 Å².